The minimum atomic E-state index is 0.0573. The second-order valence-corrected chi connectivity index (χ2v) is 5.12. The van der Waals surface area contributed by atoms with Gasteiger partial charge >= 0.3 is 0 Å². The largest absolute Gasteiger partial charge is 0.464 e. The average Bonchev–Trinajstić information content (AvgIpc) is 2.39. The summed E-state index contributed by atoms with van der Waals surface area (Å²) in [5.41, 5.74) is 0. The molecule has 2 saturated carbocycles. The van der Waals surface area contributed by atoms with Gasteiger partial charge in [0, 0.05) is 20.1 Å². The summed E-state index contributed by atoms with van der Waals surface area (Å²) in [5, 5.41) is 0. The topological polar surface area (TPSA) is 44.8 Å². The quantitative estimate of drug-likeness (QED) is 0.705. The molecule has 0 bridgehead atoms. The van der Waals surface area contributed by atoms with Crippen LogP contribution in [0.15, 0.2) is 0 Å². The van der Waals surface area contributed by atoms with Crippen molar-refractivity contribution in [1.29, 1.82) is 0 Å². The van der Waals surface area contributed by atoms with Crippen LogP contribution in [0.25, 0.3) is 0 Å². The number of carbonyl (C=O) groups is 1. The Morgan fingerprint density at radius 1 is 0.941 bits per heavy atom. The highest BCUT2D eigenvalue weighted by Crippen LogP contribution is 2.43. The Morgan fingerprint density at radius 3 is 2.35 bits per heavy atom. The lowest BCUT2D eigenvalue weighted by Crippen LogP contribution is -2.47. The molecule has 0 aliphatic heterocycles. The van der Waals surface area contributed by atoms with Crippen LogP contribution in [0.3, 0.4) is 0 Å². The number of methoxy groups -OCH3 is 2. The van der Waals surface area contributed by atoms with Crippen LogP contribution < -0.4 is 0 Å². The van der Waals surface area contributed by atoms with Gasteiger partial charge in [-0.3, -0.25) is 4.79 Å². The third-order valence-corrected chi connectivity index (χ3v) is 4.46. The van der Waals surface area contributed by atoms with E-state index in [0.717, 1.165) is 32.1 Å². The predicted molar refractivity (Wildman–Crippen MR) is 62.6 cm³/mol. The molecule has 0 aromatic carbocycles. The Kier molecular flexibility index (Phi) is 4.40. The van der Waals surface area contributed by atoms with Crippen LogP contribution in [0.2, 0.25) is 0 Å². The van der Waals surface area contributed by atoms with Gasteiger partial charge in [-0.25, -0.2) is 0 Å². The van der Waals surface area contributed by atoms with Crippen molar-refractivity contribution in [2.24, 2.45) is 11.8 Å². The predicted octanol–water partition coefficient (Wildman–Crippen LogP) is 1.77. The summed E-state index contributed by atoms with van der Waals surface area (Å²) in [6.07, 6.45) is 5.78. The van der Waals surface area contributed by atoms with E-state index in [9.17, 15) is 4.79 Å². The SMILES string of the molecule is COC1CCC2C(OC)CCC(OC=O)C2C1. The van der Waals surface area contributed by atoms with Gasteiger partial charge in [-0.05, 0) is 38.0 Å². The second-order valence-electron chi connectivity index (χ2n) is 5.12. The molecule has 2 fully saturated rings. The first-order valence-corrected chi connectivity index (χ1v) is 6.44. The molecule has 4 nitrogen and oxygen atoms in total. The van der Waals surface area contributed by atoms with Crippen LogP contribution in [0.4, 0.5) is 0 Å². The molecule has 0 radical (unpaired) electrons. The summed E-state index contributed by atoms with van der Waals surface area (Å²) in [6.45, 7) is 0.589. The van der Waals surface area contributed by atoms with Gasteiger partial charge in [-0.15, -0.1) is 0 Å². The molecule has 98 valence electrons. The fourth-order valence-corrected chi connectivity index (χ4v) is 3.58. The smallest absolute Gasteiger partial charge is 0.293 e. The number of carbonyl (C=O) groups excluding carboxylic acids is 1. The van der Waals surface area contributed by atoms with E-state index in [4.69, 9.17) is 14.2 Å². The average molecular weight is 242 g/mol. The van der Waals surface area contributed by atoms with E-state index in [1.54, 1.807) is 14.2 Å². The lowest BCUT2D eigenvalue weighted by molar-refractivity contribution is -0.151. The first-order valence-electron chi connectivity index (χ1n) is 6.44. The van der Waals surface area contributed by atoms with Gasteiger partial charge in [0.25, 0.3) is 6.47 Å². The van der Waals surface area contributed by atoms with Crippen LogP contribution in [0.1, 0.15) is 32.1 Å². The molecule has 4 heteroatoms. The normalized spacial score (nSPS) is 41.6. The maximum atomic E-state index is 10.6. The van der Waals surface area contributed by atoms with Gasteiger partial charge in [0.1, 0.15) is 6.10 Å². The van der Waals surface area contributed by atoms with Gasteiger partial charge in [-0.2, -0.15) is 0 Å². The Morgan fingerprint density at radius 2 is 1.71 bits per heavy atom. The first-order chi connectivity index (χ1) is 8.30. The Bertz CT molecular complexity index is 256. The van der Waals surface area contributed by atoms with Gasteiger partial charge < -0.3 is 14.2 Å². The molecule has 0 heterocycles. The summed E-state index contributed by atoms with van der Waals surface area (Å²) in [7, 11) is 3.54. The van der Waals surface area contributed by atoms with Crippen molar-refractivity contribution < 1.29 is 19.0 Å². The summed E-state index contributed by atoms with van der Waals surface area (Å²) in [4.78, 5) is 10.6. The van der Waals surface area contributed by atoms with Crippen LogP contribution >= 0.6 is 0 Å². The van der Waals surface area contributed by atoms with Crippen molar-refractivity contribution in [2.75, 3.05) is 14.2 Å². The van der Waals surface area contributed by atoms with Gasteiger partial charge in [0.05, 0.1) is 12.2 Å². The van der Waals surface area contributed by atoms with Crippen molar-refractivity contribution >= 4 is 6.47 Å². The summed E-state index contributed by atoms with van der Waals surface area (Å²) < 4.78 is 16.3. The highest BCUT2D eigenvalue weighted by Gasteiger charge is 2.44. The molecule has 0 amide bonds. The molecule has 0 spiro atoms. The van der Waals surface area contributed by atoms with E-state index in [2.05, 4.69) is 0 Å². The van der Waals surface area contributed by atoms with Crippen LogP contribution in [-0.2, 0) is 19.0 Å². The van der Waals surface area contributed by atoms with Crippen LogP contribution in [0, 0.1) is 11.8 Å². The molecule has 2 aliphatic rings. The standard InChI is InChI=1S/C13H22O4/c1-15-9-3-4-10-11(7-9)13(17-8-14)6-5-12(10)16-2/h8-13H,3-7H2,1-2H3. The van der Waals surface area contributed by atoms with Crippen molar-refractivity contribution in [2.45, 2.75) is 50.4 Å². The Balaban J connectivity index is 2.07. The minimum Gasteiger partial charge on any atom is -0.464 e. The summed E-state index contributed by atoms with van der Waals surface area (Å²) in [6, 6.07) is 0. The molecule has 0 aromatic rings. The van der Waals surface area contributed by atoms with Crippen LogP contribution in [-0.4, -0.2) is 39.0 Å². The zero-order valence-corrected chi connectivity index (χ0v) is 10.6. The fourth-order valence-electron chi connectivity index (χ4n) is 3.58. The molecule has 5 unspecified atom stereocenters. The van der Waals surface area contributed by atoms with Crippen LogP contribution in [0.5, 0.6) is 0 Å². The van der Waals surface area contributed by atoms with Crippen molar-refractivity contribution in [1.82, 2.24) is 0 Å². The van der Waals surface area contributed by atoms with Crippen molar-refractivity contribution in [3.8, 4) is 0 Å². The molecule has 17 heavy (non-hydrogen) atoms. The fraction of sp³-hybridized carbons (Fsp3) is 0.923. The number of hydrogen-bond donors (Lipinski definition) is 0. The third-order valence-electron chi connectivity index (χ3n) is 4.46. The highest BCUT2D eigenvalue weighted by atomic mass is 16.5. The Hall–Kier alpha value is -0.610. The number of ether oxygens (including phenoxy) is 3. The summed E-state index contributed by atoms with van der Waals surface area (Å²) >= 11 is 0. The number of rotatable bonds is 4. The highest BCUT2D eigenvalue weighted by molar-refractivity contribution is 5.37. The Labute approximate surface area is 103 Å². The first kappa shape index (κ1) is 12.8. The monoisotopic (exact) mass is 242 g/mol. The van der Waals surface area contributed by atoms with E-state index in [1.807, 2.05) is 0 Å². The molecule has 0 aromatic heterocycles. The van der Waals surface area contributed by atoms with Gasteiger partial charge in [-0.1, -0.05) is 0 Å². The molecule has 2 aliphatic carbocycles. The maximum absolute atomic E-state index is 10.6. The van der Waals surface area contributed by atoms with Gasteiger partial charge in [0.15, 0.2) is 0 Å². The van der Waals surface area contributed by atoms with E-state index >= 15 is 0 Å². The molecule has 0 saturated heterocycles. The third kappa shape index (κ3) is 2.63. The van der Waals surface area contributed by atoms with Crippen molar-refractivity contribution in [3.63, 3.8) is 0 Å². The summed E-state index contributed by atoms with van der Waals surface area (Å²) in [5.74, 6) is 0.919. The minimum absolute atomic E-state index is 0.0573. The zero-order valence-electron chi connectivity index (χ0n) is 10.6. The van der Waals surface area contributed by atoms with Crippen molar-refractivity contribution in [3.05, 3.63) is 0 Å². The molecular formula is C13H22O4. The second kappa shape index (κ2) is 5.83. The molecule has 5 atom stereocenters. The lowest BCUT2D eigenvalue weighted by atomic mass is 9.67. The lowest BCUT2D eigenvalue weighted by Gasteiger charge is -2.46. The number of hydrogen-bond acceptors (Lipinski definition) is 4. The maximum Gasteiger partial charge on any atom is 0.293 e. The van der Waals surface area contributed by atoms with E-state index in [1.165, 1.54) is 0 Å². The van der Waals surface area contributed by atoms with E-state index in [0.29, 0.717) is 30.5 Å². The number of fused-ring (bicyclic) bond motifs is 1. The van der Waals surface area contributed by atoms with E-state index < -0.39 is 0 Å². The van der Waals surface area contributed by atoms with E-state index in [-0.39, 0.29) is 6.10 Å². The molecule has 0 N–H and O–H groups in total. The van der Waals surface area contributed by atoms with Gasteiger partial charge in [0.2, 0.25) is 0 Å². The zero-order chi connectivity index (χ0) is 12.3. The molecular weight excluding hydrogens is 220 g/mol. The molecule has 2 rings (SSSR count).